The summed E-state index contributed by atoms with van der Waals surface area (Å²) in [4.78, 5) is 12.4. The molecular weight excluding hydrogens is 317 g/mol. The van der Waals surface area contributed by atoms with Crippen molar-refractivity contribution >= 4 is 5.91 Å². The predicted molar refractivity (Wildman–Crippen MR) is 96.1 cm³/mol. The summed E-state index contributed by atoms with van der Waals surface area (Å²) in [7, 11) is 0. The van der Waals surface area contributed by atoms with Crippen molar-refractivity contribution in [1.82, 2.24) is 5.32 Å². The third-order valence-electron chi connectivity index (χ3n) is 4.73. The molecule has 0 heterocycles. The number of aryl methyl sites for hydroxylation is 2. The van der Waals surface area contributed by atoms with Gasteiger partial charge in [-0.2, -0.15) is 0 Å². The standard InChI is InChI=1S/C21H24FNO2/c1-14(16-7-10-19(22)11-8-16)23-21(24)15(2)25-20-12-9-17-5-3-4-6-18(17)13-20/h7-15H,3-6H2,1-2H3,(H,23,24)/t14-,15-/m0/s1. The van der Waals surface area contributed by atoms with Gasteiger partial charge in [-0.05, 0) is 80.5 Å². The number of hydrogen-bond donors (Lipinski definition) is 1. The molecule has 1 aliphatic rings. The second-order valence-electron chi connectivity index (χ2n) is 6.68. The summed E-state index contributed by atoms with van der Waals surface area (Å²) in [5.41, 5.74) is 3.58. The van der Waals surface area contributed by atoms with Crippen molar-refractivity contribution in [2.75, 3.05) is 0 Å². The van der Waals surface area contributed by atoms with Gasteiger partial charge in [-0.3, -0.25) is 4.79 Å². The van der Waals surface area contributed by atoms with Gasteiger partial charge in [0.2, 0.25) is 0 Å². The highest BCUT2D eigenvalue weighted by molar-refractivity contribution is 5.81. The van der Waals surface area contributed by atoms with Gasteiger partial charge in [0.25, 0.3) is 5.91 Å². The van der Waals surface area contributed by atoms with Crippen LogP contribution in [0.1, 0.15) is 49.4 Å². The first-order chi connectivity index (χ1) is 12.0. The monoisotopic (exact) mass is 341 g/mol. The summed E-state index contributed by atoms with van der Waals surface area (Å²) in [6, 6.07) is 12.0. The van der Waals surface area contributed by atoms with Gasteiger partial charge < -0.3 is 10.1 Å². The predicted octanol–water partition coefficient (Wildman–Crippen LogP) is 4.35. The van der Waals surface area contributed by atoms with E-state index in [2.05, 4.69) is 17.4 Å². The number of amides is 1. The summed E-state index contributed by atoms with van der Waals surface area (Å²) >= 11 is 0. The van der Waals surface area contributed by atoms with Gasteiger partial charge >= 0.3 is 0 Å². The summed E-state index contributed by atoms with van der Waals surface area (Å²) in [6.45, 7) is 3.61. The van der Waals surface area contributed by atoms with E-state index in [9.17, 15) is 9.18 Å². The van der Waals surface area contributed by atoms with Crippen molar-refractivity contribution in [3.05, 3.63) is 65.0 Å². The van der Waals surface area contributed by atoms with Crippen LogP contribution in [0.5, 0.6) is 5.75 Å². The number of benzene rings is 2. The minimum absolute atomic E-state index is 0.186. The fourth-order valence-electron chi connectivity index (χ4n) is 3.21. The van der Waals surface area contributed by atoms with Crippen LogP contribution in [-0.2, 0) is 17.6 Å². The Labute approximate surface area is 148 Å². The molecule has 3 rings (SSSR count). The highest BCUT2D eigenvalue weighted by atomic mass is 19.1. The second-order valence-corrected chi connectivity index (χ2v) is 6.68. The maximum Gasteiger partial charge on any atom is 0.261 e. The summed E-state index contributed by atoms with van der Waals surface area (Å²) in [6.07, 6.45) is 4.06. The normalized spacial score (nSPS) is 15.8. The van der Waals surface area contributed by atoms with Gasteiger partial charge in [-0.25, -0.2) is 4.39 Å². The highest BCUT2D eigenvalue weighted by Gasteiger charge is 2.19. The van der Waals surface area contributed by atoms with Gasteiger partial charge in [0.1, 0.15) is 11.6 Å². The van der Waals surface area contributed by atoms with E-state index in [0.29, 0.717) is 0 Å². The van der Waals surface area contributed by atoms with E-state index in [1.807, 2.05) is 13.0 Å². The van der Waals surface area contributed by atoms with Crippen LogP contribution >= 0.6 is 0 Å². The van der Waals surface area contributed by atoms with E-state index in [0.717, 1.165) is 24.2 Å². The van der Waals surface area contributed by atoms with Crippen molar-refractivity contribution in [3.63, 3.8) is 0 Å². The third-order valence-corrected chi connectivity index (χ3v) is 4.73. The van der Waals surface area contributed by atoms with Crippen LogP contribution in [0, 0.1) is 5.82 Å². The molecule has 0 fully saturated rings. The molecule has 2 aromatic rings. The first-order valence-electron chi connectivity index (χ1n) is 8.87. The largest absolute Gasteiger partial charge is 0.481 e. The molecule has 0 unspecified atom stereocenters. The molecule has 1 aliphatic carbocycles. The van der Waals surface area contributed by atoms with Crippen molar-refractivity contribution in [2.24, 2.45) is 0 Å². The highest BCUT2D eigenvalue weighted by Crippen LogP contribution is 2.26. The number of rotatable bonds is 5. The summed E-state index contributed by atoms with van der Waals surface area (Å²) in [5, 5.41) is 2.91. The number of carbonyl (C=O) groups excluding carboxylic acids is 1. The van der Waals surface area contributed by atoms with Crippen LogP contribution in [0.15, 0.2) is 42.5 Å². The Kier molecular flexibility index (Phi) is 5.37. The fraction of sp³-hybridized carbons (Fsp3) is 0.381. The average molecular weight is 341 g/mol. The zero-order valence-corrected chi connectivity index (χ0v) is 14.7. The lowest BCUT2D eigenvalue weighted by Crippen LogP contribution is -2.37. The van der Waals surface area contributed by atoms with Crippen LogP contribution in [0.25, 0.3) is 0 Å². The zero-order valence-electron chi connectivity index (χ0n) is 14.7. The zero-order chi connectivity index (χ0) is 17.8. The quantitative estimate of drug-likeness (QED) is 0.878. The Morgan fingerprint density at radius 1 is 1.04 bits per heavy atom. The van der Waals surface area contributed by atoms with Gasteiger partial charge in [0.05, 0.1) is 6.04 Å². The van der Waals surface area contributed by atoms with Gasteiger partial charge in [0, 0.05) is 0 Å². The molecule has 1 N–H and O–H groups in total. The molecule has 132 valence electrons. The van der Waals surface area contributed by atoms with Crippen molar-refractivity contribution in [3.8, 4) is 5.75 Å². The molecule has 1 amide bonds. The van der Waals surface area contributed by atoms with Crippen LogP contribution in [0.4, 0.5) is 4.39 Å². The third kappa shape index (κ3) is 4.38. The minimum Gasteiger partial charge on any atom is -0.481 e. The van der Waals surface area contributed by atoms with Crippen molar-refractivity contribution in [2.45, 2.75) is 51.7 Å². The topological polar surface area (TPSA) is 38.3 Å². The molecule has 3 nitrogen and oxygen atoms in total. The molecule has 0 radical (unpaired) electrons. The molecule has 0 saturated heterocycles. The molecule has 25 heavy (non-hydrogen) atoms. The fourth-order valence-corrected chi connectivity index (χ4v) is 3.21. The lowest BCUT2D eigenvalue weighted by Gasteiger charge is -2.21. The van der Waals surface area contributed by atoms with Crippen LogP contribution in [0.2, 0.25) is 0 Å². The summed E-state index contributed by atoms with van der Waals surface area (Å²) < 4.78 is 18.8. The van der Waals surface area contributed by atoms with E-state index in [4.69, 9.17) is 4.74 Å². The summed E-state index contributed by atoms with van der Waals surface area (Å²) in [5.74, 6) is 0.263. The Morgan fingerprint density at radius 3 is 2.44 bits per heavy atom. The number of hydrogen-bond acceptors (Lipinski definition) is 2. The van der Waals surface area contributed by atoms with Crippen molar-refractivity contribution < 1.29 is 13.9 Å². The molecule has 4 heteroatoms. The smallest absolute Gasteiger partial charge is 0.261 e. The van der Waals surface area contributed by atoms with Crippen LogP contribution < -0.4 is 10.1 Å². The molecular formula is C21H24FNO2. The molecule has 2 aromatic carbocycles. The molecule has 0 saturated carbocycles. The van der Waals surface area contributed by atoms with Gasteiger partial charge in [-0.1, -0.05) is 18.2 Å². The average Bonchev–Trinajstić information content (AvgIpc) is 2.62. The molecule has 0 spiro atoms. The van der Waals surface area contributed by atoms with Crippen molar-refractivity contribution in [1.29, 1.82) is 0 Å². The number of carbonyl (C=O) groups is 1. The first-order valence-corrected chi connectivity index (χ1v) is 8.87. The number of halogens is 1. The van der Waals surface area contributed by atoms with Gasteiger partial charge in [0.15, 0.2) is 6.10 Å². The Hall–Kier alpha value is -2.36. The van der Waals surface area contributed by atoms with Crippen LogP contribution in [-0.4, -0.2) is 12.0 Å². The van der Waals surface area contributed by atoms with E-state index in [1.165, 1.54) is 36.1 Å². The maximum atomic E-state index is 13.0. The Bertz CT molecular complexity index is 742. The molecule has 2 atom stereocenters. The van der Waals surface area contributed by atoms with E-state index >= 15 is 0 Å². The molecule has 0 bridgehead atoms. The molecule has 0 aromatic heterocycles. The maximum absolute atomic E-state index is 13.0. The number of ether oxygens (including phenoxy) is 1. The van der Waals surface area contributed by atoms with E-state index in [-0.39, 0.29) is 17.8 Å². The SMILES string of the molecule is C[C@H](Oc1ccc2c(c1)CCCC2)C(=O)N[C@@H](C)c1ccc(F)cc1. The lowest BCUT2D eigenvalue weighted by atomic mass is 9.92. The van der Waals surface area contributed by atoms with Crippen LogP contribution in [0.3, 0.4) is 0 Å². The Balaban J connectivity index is 1.59. The Morgan fingerprint density at radius 2 is 1.72 bits per heavy atom. The first kappa shape index (κ1) is 17.5. The number of fused-ring (bicyclic) bond motifs is 1. The minimum atomic E-state index is -0.593. The van der Waals surface area contributed by atoms with E-state index < -0.39 is 6.10 Å². The number of nitrogens with one attached hydrogen (secondary N) is 1. The van der Waals surface area contributed by atoms with E-state index in [1.54, 1.807) is 19.1 Å². The molecule has 0 aliphatic heterocycles. The second kappa shape index (κ2) is 7.68. The van der Waals surface area contributed by atoms with Gasteiger partial charge in [-0.15, -0.1) is 0 Å². The lowest BCUT2D eigenvalue weighted by molar-refractivity contribution is -0.127.